The van der Waals surface area contributed by atoms with Crippen molar-refractivity contribution in [2.24, 2.45) is 5.92 Å². The van der Waals surface area contributed by atoms with Crippen LogP contribution in [-0.4, -0.2) is 18.2 Å². The molecule has 3 nitrogen and oxygen atoms in total. The summed E-state index contributed by atoms with van der Waals surface area (Å²) in [5, 5.41) is 18.9. The smallest absolute Gasteiger partial charge is 0.0807 e. The summed E-state index contributed by atoms with van der Waals surface area (Å²) >= 11 is 0. The highest BCUT2D eigenvalue weighted by molar-refractivity contribution is 5.54. The van der Waals surface area contributed by atoms with Gasteiger partial charge in [-0.15, -0.1) is 0 Å². The van der Waals surface area contributed by atoms with E-state index < -0.39 is 6.10 Å². The summed E-state index contributed by atoms with van der Waals surface area (Å²) in [4.78, 5) is 2.21. The van der Waals surface area contributed by atoms with Crippen LogP contribution in [0.4, 0.5) is 5.69 Å². The van der Waals surface area contributed by atoms with Crippen molar-refractivity contribution in [2.75, 3.05) is 18.0 Å². The summed E-state index contributed by atoms with van der Waals surface area (Å²) in [7, 11) is 0. The average Bonchev–Trinajstić information content (AvgIpc) is 2.42. The molecule has 1 rings (SSSR count). The van der Waals surface area contributed by atoms with Crippen molar-refractivity contribution < 1.29 is 5.11 Å². The van der Waals surface area contributed by atoms with Crippen LogP contribution in [0.3, 0.4) is 0 Å². The molecular formula is C16H24N2O. The fraction of sp³-hybridized carbons (Fsp3) is 0.562. The molecule has 0 aromatic heterocycles. The summed E-state index contributed by atoms with van der Waals surface area (Å²) in [5.41, 5.74) is 2.02. The summed E-state index contributed by atoms with van der Waals surface area (Å²) < 4.78 is 0. The van der Waals surface area contributed by atoms with Gasteiger partial charge in [0.25, 0.3) is 0 Å². The van der Waals surface area contributed by atoms with Crippen molar-refractivity contribution in [3.8, 4) is 6.07 Å². The fourth-order valence-corrected chi connectivity index (χ4v) is 2.21. The molecule has 0 saturated carbocycles. The van der Waals surface area contributed by atoms with Gasteiger partial charge in [0, 0.05) is 24.3 Å². The Morgan fingerprint density at radius 1 is 1.32 bits per heavy atom. The van der Waals surface area contributed by atoms with Crippen LogP contribution in [0.2, 0.25) is 0 Å². The standard InChI is InChI=1S/C16H24N2O/c1-4-16(19)14-8-5-6-9-15(14)18(11-7-10-17)12-13(2)3/h5-6,8-9,13,16,19H,4,7,11-12H2,1-3H3. The molecule has 3 heteroatoms. The number of aliphatic hydroxyl groups excluding tert-OH is 1. The highest BCUT2D eigenvalue weighted by atomic mass is 16.3. The van der Waals surface area contributed by atoms with Gasteiger partial charge in [0.05, 0.1) is 18.6 Å². The van der Waals surface area contributed by atoms with Crippen molar-refractivity contribution in [1.82, 2.24) is 0 Å². The Kier molecular flexibility index (Phi) is 6.38. The predicted molar refractivity (Wildman–Crippen MR) is 79.0 cm³/mol. The number of hydrogen-bond acceptors (Lipinski definition) is 3. The third-order valence-corrected chi connectivity index (χ3v) is 3.10. The predicted octanol–water partition coefficient (Wildman–Crippen LogP) is 3.51. The molecule has 0 spiro atoms. The lowest BCUT2D eigenvalue weighted by molar-refractivity contribution is 0.174. The molecule has 0 amide bonds. The molecule has 0 saturated heterocycles. The fourth-order valence-electron chi connectivity index (χ4n) is 2.21. The molecule has 0 bridgehead atoms. The van der Waals surface area contributed by atoms with Gasteiger partial charge in [-0.3, -0.25) is 0 Å². The maximum Gasteiger partial charge on any atom is 0.0807 e. The number of nitrogens with zero attached hydrogens (tertiary/aromatic N) is 2. The van der Waals surface area contributed by atoms with Crippen LogP contribution in [0.5, 0.6) is 0 Å². The Labute approximate surface area is 116 Å². The Bertz CT molecular complexity index is 423. The molecule has 0 fully saturated rings. The second-order valence-electron chi connectivity index (χ2n) is 5.23. The van der Waals surface area contributed by atoms with Gasteiger partial charge in [-0.05, 0) is 18.4 Å². The second-order valence-corrected chi connectivity index (χ2v) is 5.23. The van der Waals surface area contributed by atoms with Gasteiger partial charge in [0.2, 0.25) is 0 Å². The lowest BCUT2D eigenvalue weighted by Gasteiger charge is -2.29. The van der Waals surface area contributed by atoms with Crippen molar-refractivity contribution in [3.63, 3.8) is 0 Å². The topological polar surface area (TPSA) is 47.3 Å². The number of aliphatic hydroxyl groups is 1. The van der Waals surface area contributed by atoms with Gasteiger partial charge in [0.1, 0.15) is 0 Å². The van der Waals surface area contributed by atoms with Crippen LogP contribution >= 0.6 is 0 Å². The quantitative estimate of drug-likeness (QED) is 0.816. The maximum atomic E-state index is 10.1. The molecule has 1 aromatic carbocycles. The lowest BCUT2D eigenvalue weighted by atomic mass is 10.0. The Balaban J connectivity index is 3.03. The molecule has 19 heavy (non-hydrogen) atoms. The van der Waals surface area contributed by atoms with E-state index in [2.05, 4.69) is 24.8 Å². The molecule has 0 radical (unpaired) electrons. The van der Waals surface area contributed by atoms with E-state index in [0.29, 0.717) is 25.3 Å². The number of para-hydroxylation sites is 1. The van der Waals surface area contributed by atoms with E-state index in [1.54, 1.807) is 0 Å². The van der Waals surface area contributed by atoms with Gasteiger partial charge < -0.3 is 10.0 Å². The van der Waals surface area contributed by atoms with E-state index in [1.807, 2.05) is 31.2 Å². The van der Waals surface area contributed by atoms with Crippen LogP contribution in [0.1, 0.15) is 45.3 Å². The molecule has 0 aliphatic heterocycles. The van der Waals surface area contributed by atoms with Gasteiger partial charge in [0.15, 0.2) is 0 Å². The summed E-state index contributed by atoms with van der Waals surface area (Å²) in [6, 6.07) is 10.2. The third kappa shape index (κ3) is 4.57. The first-order chi connectivity index (χ1) is 9.10. The van der Waals surface area contributed by atoms with Gasteiger partial charge in [-0.2, -0.15) is 5.26 Å². The average molecular weight is 260 g/mol. The van der Waals surface area contributed by atoms with Gasteiger partial charge in [-0.25, -0.2) is 0 Å². The first kappa shape index (κ1) is 15.5. The van der Waals surface area contributed by atoms with Crippen molar-refractivity contribution in [2.45, 2.75) is 39.7 Å². The number of nitriles is 1. The normalized spacial score (nSPS) is 12.2. The zero-order valence-corrected chi connectivity index (χ0v) is 12.1. The SMILES string of the molecule is CCC(O)c1ccccc1N(CCC#N)CC(C)C. The van der Waals surface area contributed by atoms with Crippen molar-refractivity contribution >= 4 is 5.69 Å². The summed E-state index contributed by atoms with van der Waals surface area (Å²) in [6.45, 7) is 7.91. The van der Waals surface area contributed by atoms with E-state index in [4.69, 9.17) is 5.26 Å². The molecule has 0 aliphatic rings. The molecule has 1 aromatic rings. The Morgan fingerprint density at radius 2 is 2.00 bits per heavy atom. The number of rotatable bonds is 7. The number of anilines is 1. The van der Waals surface area contributed by atoms with Crippen molar-refractivity contribution in [3.05, 3.63) is 29.8 Å². The van der Waals surface area contributed by atoms with Gasteiger partial charge >= 0.3 is 0 Å². The number of benzene rings is 1. The van der Waals surface area contributed by atoms with Crippen LogP contribution in [-0.2, 0) is 0 Å². The van der Waals surface area contributed by atoms with Crippen LogP contribution < -0.4 is 4.90 Å². The molecule has 1 unspecified atom stereocenters. The van der Waals surface area contributed by atoms with E-state index >= 15 is 0 Å². The Hall–Kier alpha value is -1.53. The highest BCUT2D eigenvalue weighted by Crippen LogP contribution is 2.28. The molecular weight excluding hydrogens is 236 g/mol. The lowest BCUT2D eigenvalue weighted by Crippen LogP contribution is -2.29. The summed E-state index contributed by atoms with van der Waals surface area (Å²) in [6.07, 6.45) is 0.765. The summed E-state index contributed by atoms with van der Waals surface area (Å²) in [5.74, 6) is 0.519. The van der Waals surface area contributed by atoms with Crippen LogP contribution in [0.25, 0.3) is 0 Å². The van der Waals surface area contributed by atoms with E-state index in [1.165, 1.54) is 0 Å². The Morgan fingerprint density at radius 3 is 2.58 bits per heavy atom. The highest BCUT2D eigenvalue weighted by Gasteiger charge is 2.16. The van der Waals surface area contributed by atoms with Crippen LogP contribution in [0.15, 0.2) is 24.3 Å². The monoisotopic (exact) mass is 260 g/mol. The minimum Gasteiger partial charge on any atom is -0.388 e. The molecule has 1 N–H and O–H groups in total. The minimum atomic E-state index is -0.437. The zero-order valence-electron chi connectivity index (χ0n) is 12.1. The van der Waals surface area contributed by atoms with Crippen molar-refractivity contribution in [1.29, 1.82) is 5.26 Å². The molecule has 0 aliphatic carbocycles. The van der Waals surface area contributed by atoms with Gasteiger partial charge in [-0.1, -0.05) is 39.0 Å². The number of hydrogen-bond donors (Lipinski definition) is 1. The minimum absolute atomic E-state index is 0.437. The third-order valence-electron chi connectivity index (χ3n) is 3.10. The van der Waals surface area contributed by atoms with E-state index in [9.17, 15) is 5.11 Å². The molecule has 1 atom stereocenters. The molecule has 0 heterocycles. The largest absolute Gasteiger partial charge is 0.388 e. The van der Waals surface area contributed by atoms with Crippen LogP contribution in [0, 0.1) is 17.2 Å². The zero-order chi connectivity index (χ0) is 14.3. The molecule has 104 valence electrons. The first-order valence-corrected chi connectivity index (χ1v) is 6.99. The first-order valence-electron chi connectivity index (χ1n) is 6.99. The second kappa shape index (κ2) is 7.81. The van der Waals surface area contributed by atoms with E-state index in [-0.39, 0.29) is 0 Å². The van der Waals surface area contributed by atoms with E-state index in [0.717, 1.165) is 17.8 Å². The maximum absolute atomic E-state index is 10.1.